The summed E-state index contributed by atoms with van der Waals surface area (Å²) in [5, 5.41) is 4.70. The summed E-state index contributed by atoms with van der Waals surface area (Å²) >= 11 is 6.04. The van der Waals surface area contributed by atoms with Crippen molar-refractivity contribution >= 4 is 34.2 Å². The van der Waals surface area contributed by atoms with Gasteiger partial charge in [0.05, 0.1) is 11.6 Å². The lowest BCUT2D eigenvalue weighted by Crippen LogP contribution is -2.36. The minimum Gasteiger partial charge on any atom is -0.309 e. The van der Waals surface area contributed by atoms with E-state index < -0.39 is 0 Å². The topological polar surface area (TPSA) is 45.2 Å². The first-order valence-corrected chi connectivity index (χ1v) is 7.22. The molecule has 1 atom stereocenters. The molecule has 2 aliphatic heterocycles. The monoisotopic (exact) mass is 287 g/mol. The fourth-order valence-electron chi connectivity index (χ4n) is 3.15. The lowest BCUT2D eigenvalue weighted by Gasteiger charge is -2.19. The van der Waals surface area contributed by atoms with Crippen LogP contribution in [0.2, 0.25) is 5.02 Å². The molecule has 0 bridgehead atoms. The Balaban J connectivity index is 1.86. The Kier molecular flexibility index (Phi) is 2.69. The number of carbonyl (C=O) groups is 1. The number of aromatic nitrogens is 1. The van der Waals surface area contributed by atoms with Gasteiger partial charge in [-0.25, -0.2) is 4.98 Å². The van der Waals surface area contributed by atoms with Crippen LogP contribution in [0.1, 0.15) is 18.4 Å². The number of halogens is 1. The highest BCUT2D eigenvalue weighted by Crippen LogP contribution is 2.30. The highest BCUT2D eigenvalue weighted by Gasteiger charge is 2.34. The molecule has 1 aromatic heterocycles. The van der Waals surface area contributed by atoms with Crippen LogP contribution >= 0.6 is 11.6 Å². The summed E-state index contributed by atoms with van der Waals surface area (Å²) in [6, 6.07) is 7.70. The lowest BCUT2D eigenvalue weighted by molar-refractivity contribution is -0.120. The highest BCUT2D eigenvalue weighted by molar-refractivity contribution is 6.31. The minimum absolute atomic E-state index is 0.00380. The second-order valence-corrected chi connectivity index (χ2v) is 5.89. The van der Waals surface area contributed by atoms with E-state index in [2.05, 4.69) is 21.3 Å². The quantitative estimate of drug-likeness (QED) is 0.810. The van der Waals surface area contributed by atoms with E-state index in [1.54, 1.807) is 0 Å². The molecule has 1 saturated heterocycles. The molecule has 20 heavy (non-hydrogen) atoms. The molecule has 2 aliphatic rings. The first kappa shape index (κ1) is 12.1. The zero-order valence-corrected chi connectivity index (χ0v) is 11.7. The number of pyridine rings is 1. The zero-order chi connectivity index (χ0) is 13.7. The van der Waals surface area contributed by atoms with Gasteiger partial charge in [-0.3, -0.25) is 9.69 Å². The van der Waals surface area contributed by atoms with Gasteiger partial charge in [-0.05, 0) is 43.7 Å². The van der Waals surface area contributed by atoms with Gasteiger partial charge in [0.2, 0.25) is 5.91 Å². The summed E-state index contributed by atoms with van der Waals surface area (Å²) in [5.41, 5.74) is 1.92. The van der Waals surface area contributed by atoms with E-state index >= 15 is 0 Å². The van der Waals surface area contributed by atoms with Crippen molar-refractivity contribution < 1.29 is 4.79 Å². The van der Waals surface area contributed by atoms with Crippen molar-refractivity contribution in [3.63, 3.8) is 0 Å². The number of rotatable bonds is 0. The molecule has 0 aliphatic carbocycles. The van der Waals surface area contributed by atoms with Crippen LogP contribution in [0.25, 0.3) is 10.9 Å². The maximum absolute atomic E-state index is 12.2. The molecule has 2 aromatic rings. The number of nitrogens with zero attached hydrogens (tertiary/aromatic N) is 2. The summed E-state index contributed by atoms with van der Waals surface area (Å²) in [6.07, 6.45) is 2.02. The van der Waals surface area contributed by atoms with Gasteiger partial charge in [0.15, 0.2) is 0 Å². The second-order valence-electron chi connectivity index (χ2n) is 5.45. The van der Waals surface area contributed by atoms with Crippen LogP contribution in [0.15, 0.2) is 24.3 Å². The molecular weight excluding hydrogens is 274 g/mol. The van der Waals surface area contributed by atoms with Gasteiger partial charge in [0.25, 0.3) is 0 Å². The number of anilines is 1. The molecule has 0 radical (unpaired) electrons. The first-order valence-electron chi connectivity index (χ1n) is 6.85. The van der Waals surface area contributed by atoms with E-state index in [0.29, 0.717) is 10.8 Å². The zero-order valence-electron chi connectivity index (χ0n) is 10.9. The van der Waals surface area contributed by atoms with Crippen LogP contribution in [-0.2, 0) is 11.3 Å². The average Bonchev–Trinajstić information content (AvgIpc) is 2.83. The normalized spacial score (nSPS) is 22.2. The minimum atomic E-state index is -0.00380. The van der Waals surface area contributed by atoms with Crippen LogP contribution in [-0.4, -0.2) is 28.4 Å². The van der Waals surface area contributed by atoms with Crippen molar-refractivity contribution in [1.29, 1.82) is 0 Å². The Bertz CT molecular complexity index is 716. The van der Waals surface area contributed by atoms with Crippen molar-refractivity contribution in [2.45, 2.75) is 25.4 Å². The van der Waals surface area contributed by atoms with Crippen LogP contribution < -0.4 is 5.32 Å². The largest absolute Gasteiger partial charge is 0.309 e. The molecule has 5 heteroatoms. The van der Waals surface area contributed by atoms with E-state index in [1.807, 2.05) is 18.2 Å². The van der Waals surface area contributed by atoms with E-state index in [4.69, 9.17) is 11.6 Å². The van der Waals surface area contributed by atoms with Gasteiger partial charge in [-0.15, -0.1) is 0 Å². The molecule has 1 N–H and O–H groups in total. The van der Waals surface area contributed by atoms with Crippen molar-refractivity contribution in [2.24, 2.45) is 0 Å². The predicted molar refractivity (Wildman–Crippen MR) is 78.8 cm³/mol. The Labute approximate surface area is 121 Å². The van der Waals surface area contributed by atoms with Gasteiger partial charge < -0.3 is 5.32 Å². The summed E-state index contributed by atoms with van der Waals surface area (Å²) in [5.74, 6) is 0.765. The maximum atomic E-state index is 12.2. The van der Waals surface area contributed by atoms with Crippen LogP contribution in [0, 0.1) is 0 Å². The molecule has 4 rings (SSSR count). The third-order valence-corrected chi connectivity index (χ3v) is 4.37. The number of carbonyl (C=O) groups excluding carboxylic acids is 1. The molecule has 1 amide bonds. The number of nitrogens with one attached hydrogen (secondary N) is 1. The molecule has 1 fully saturated rings. The molecule has 102 valence electrons. The number of hydrogen-bond acceptors (Lipinski definition) is 3. The fourth-order valence-corrected chi connectivity index (χ4v) is 3.33. The van der Waals surface area contributed by atoms with E-state index in [9.17, 15) is 4.79 Å². The summed E-state index contributed by atoms with van der Waals surface area (Å²) in [6.45, 7) is 1.75. The van der Waals surface area contributed by atoms with Crippen molar-refractivity contribution in [3.8, 4) is 0 Å². The fraction of sp³-hybridized carbons (Fsp3) is 0.333. The molecule has 4 nitrogen and oxygen atoms in total. The van der Waals surface area contributed by atoms with Crippen LogP contribution in [0.4, 0.5) is 5.82 Å². The van der Waals surface area contributed by atoms with Crippen LogP contribution in [0.3, 0.4) is 0 Å². The smallest absolute Gasteiger partial charge is 0.242 e. The van der Waals surface area contributed by atoms with Gasteiger partial charge >= 0.3 is 0 Å². The Morgan fingerprint density at radius 1 is 1.35 bits per heavy atom. The molecule has 0 saturated carbocycles. The first-order chi connectivity index (χ1) is 9.70. The van der Waals surface area contributed by atoms with Crippen molar-refractivity contribution in [2.75, 3.05) is 11.9 Å². The van der Waals surface area contributed by atoms with Gasteiger partial charge in [-0.1, -0.05) is 11.6 Å². The summed E-state index contributed by atoms with van der Waals surface area (Å²) in [7, 11) is 0. The van der Waals surface area contributed by atoms with Crippen LogP contribution in [0.5, 0.6) is 0 Å². The van der Waals surface area contributed by atoms with Gasteiger partial charge in [0, 0.05) is 22.5 Å². The summed E-state index contributed by atoms with van der Waals surface area (Å²) in [4.78, 5) is 19.0. The van der Waals surface area contributed by atoms with Gasteiger partial charge in [-0.2, -0.15) is 0 Å². The molecule has 0 unspecified atom stereocenters. The average molecular weight is 288 g/mol. The lowest BCUT2D eigenvalue weighted by atomic mass is 10.1. The Morgan fingerprint density at radius 2 is 2.25 bits per heavy atom. The molecular formula is C15H14ClN3O. The third-order valence-electron chi connectivity index (χ3n) is 4.14. The van der Waals surface area contributed by atoms with E-state index in [0.717, 1.165) is 42.4 Å². The Hall–Kier alpha value is -1.65. The standard InChI is InChI=1S/C15H14ClN3O/c16-11-3-4-12-9(7-11)6-10-8-19-5-1-2-13(19)15(20)18-14(10)17-12/h3-4,6-7,13H,1-2,5,8H2,(H,17,18,20)/t13-/m0/s1. The van der Waals surface area contributed by atoms with Crippen molar-refractivity contribution in [3.05, 3.63) is 34.9 Å². The van der Waals surface area contributed by atoms with Gasteiger partial charge in [0.1, 0.15) is 5.82 Å². The second kappa shape index (κ2) is 4.43. The Morgan fingerprint density at radius 3 is 3.15 bits per heavy atom. The number of hydrogen-bond donors (Lipinski definition) is 1. The number of amides is 1. The molecule has 3 heterocycles. The number of benzene rings is 1. The highest BCUT2D eigenvalue weighted by atomic mass is 35.5. The third kappa shape index (κ3) is 1.87. The van der Waals surface area contributed by atoms with E-state index in [-0.39, 0.29) is 11.9 Å². The molecule has 1 aromatic carbocycles. The molecule has 0 spiro atoms. The summed E-state index contributed by atoms with van der Waals surface area (Å²) < 4.78 is 0. The van der Waals surface area contributed by atoms with Crippen molar-refractivity contribution in [1.82, 2.24) is 9.88 Å². The van der Waals surface area contributed by atoms with E-state index in [1.165, 1.54) is 0 Å². The SMILES string of the molecule is O=C1Nc2nc3ccc(Cl)cc3cc2CN2CCC[C@@H]12. The predicted octanol–water partition coefficient (Wildman–Crippen LogP) is 2.80. The number of fused-ring (bicyclic) bond motifs is 3. The maximum Gasteiger partial charge on any atom is 0.242 e.